The number of aryl methyl sites for hydroxylation is 1. The Morgan fingerprint density at radius 3 is 3.20 bits per heavy atom. The van der Waals surface area contributed by atoms with Crippen molar-refractivity contribution in [2.75, 3.05) is 18.4 Å². The van der Waals surface area contributed by atoms with Gasteiger partial charge in [-0.3, -0.25) is 0 Å². The van der Waals surface area contributed by atoms with Crippen LogP contribution in [0.5, 0.6) is 0 Å². The first-order valence-electron chi connectivity index (χ1n) is 5.68. The van der Waals surface area contributed by atoms with Crippen molar-refractivity contribution >= 4 is 16.7 Å². The Kier molecular flexibility index (Phi) is 3.91. The summed E-state index contributed by atoms with van der Waals surface area (Å²) in [6.07, 6.45) is 4.74. The van der Waals surface area contributed by atoms with Gasteiger partial charge in [0.1, 0.15) is 5.82 Å². The molecule has 0 spiro atoms. The highest BCUT2D eigenvalue weighted by Gasteiger charge is 2.13. The topological polar surface area (TPSA) is 49.8 Å². The molecule has 2 N–H and O–H groups in total. The maximum Gasteiger partial charge on any atom is 0.202 e. The molecule has 1 aliphatic heterocycles. The van der Waals surface area contributed by atoms with E-state index in [0.717, 1.165) is 23.9 Å². The van der Waals surface area contributed by atoms with Gasteiger partial charge >= 0.3 is 0 Å². The van der Waals surface area contributed by atoms with Gasteiger partial charge < -0.3 is 10.6 Å². The smallest absolute Gasteiger partial charge is 0.202 e. The van der Waals surface area contributed by atoms with Crippen LogP contribution in [0.4, 0.5) is 5.13 Å². The van der Waals surface area contributed by atoms with Gasteiger partial charge in [0.25, 0.3) is 0 Å². The molecule has 0 amide bonds. The van der Waals surface area contributed by atoms with Gasteiger partial charge in [-0.15, -0.1) is 0 Å². The summed E-state index contributed by atoms with van der Waals surface area (Å²) in [6.45, 7) is 4.26. The molecule has 0 bridgehead atoms. The molecule has 1 aromatic heterocycles. The fraction of sp³-hybridized carbons (Fsp3) is 0.800. The second-order valence-corrected chi connectivity index (χ2v) is 4.63. The van der Waals surface area contributed by atoms with Gasteiger partial charge in [-0.05, 0) is 25.8 Å². The summed E-state index contributed by atoms with van der Waals surface area (Å²) in [5, 5.41) is 7.78. The molecule has 1 atom stereocenters. The zero-order valence-corrected chi connectivity index (χ0v) is 9.94. The van der Waals surface area contributed by atoms with Crippen LogP contribution in [0.25, 0.3) is 0 Å². The fourth-order valence-electron chi connectivity index (χ4n) is 1.83. The molecule has 0 saturated carbocycles. The predicted octanol–water partition coefficient (Wildman–Crippen LogP) is 1.65. The van der Waals surface area contributed by atoms with Crippen molar-refractivity contribution < 1.29 is 0 Å². The Bertz CT molecular complexity index is 293. The zero-order valence-electron chi connectivity index (χ0n) is 9.12. The number of aromatic nitrogens is 2. The van der Waals surface area contributed by atoms with Crippen LogP contribution in [0.15, 0.2) is 0 Å². The third-order valence-corrected chi connectivity index (χ3v) is 3.43. The van der Waals surface area contributed by atoms with E-state index in [0.29, 0.717) is 6.04 Å². The van der Waals surface area contributed by atoms with E-state index in [4.69, 9.17) is 0 Å². The van der Waals surface area contributed by atoms with E-state index < -0.39 is 0 Å². The summed E-state index contributed by atoms with van der Waals surface area (Å²) < 4.78 is 4.24. The van der Waals surface area contributed by atoms with Crippen LogP contribution >= 0.6 is 11.5 Å². The van der Waals surface area contributed by atoms with Crippen LogP contribution < -0.4 is 10.6 Å². The molecule has 0 aromatic carbocycles. The fourth-order valence-corrected chi connectivity index (χ4v) is 2.50. The Balaban J connectivity index is 1.68. The molecule has 2 rings (SSSR count). The highest BCUT2D eigenvalue weighted by Crippen LogP contribution is 2.13. The van der Waals surface area contributed by atoms with Crippen LogP contribution in [0.3, 0.4) is 0 Å². The molecule has 4 nitrogen and oxygen atoms in total. The molecule has 5 heteroatoms. The number of nitrogens with zero attached hydrogens (tertiary/aromatic N) is 2. The van der Waals surface area contributed by atoms with Crippen LogP contribution in [0.2, 0.25) is 0 Å². The summed E-state index contributed by atoms with van der Waals surface area (Å²) in [5.41, 5.74) is 0. The summed E-state index contributed by atoms with van der Waals surface area (Å²) in [4.78, 5) is 4.37. The first-order chi connectivity index (χ1) is 7.38. The van der Waals surface area contributed by atoms with Crippen molar-refractivity contribution in [3.05, 3.63) is 5.82 Å². The lowest BCUT2D eigenvalue weighted by Gasteiger charge is -2.09. The molecule has 1 unspecified atom stereocenters. The number of nitrogens with one attached hydrogen (secondary N) is 2. The molecular formula is C10H18N4S. The van der Waals surface area contributed by atoms with Crippen molar-refractivity contribution in [3.63, 3.8) is 0 Å². The highest BCUT2D eigenvalue weighted by molar-refractivity contribution is 7.09. The second kappa shape index (κ2) is 5.42. The quantitative estimate of drug-likeness (QED) is 0.801. The summed E-state index contributed by atoms with van der Waals surface area (Å²) in [7, 11) is 0. The molecule has 15 heavy (non-hydrogen) atoms. The minimum absolute atomic E-state index is 0.705. The summed E-state index contributed by atoms with van der Waals surface area (Å²) in [6, 6.07) is 0.705. The molecule has 1 fully saturated rings. The highest BCUT2D eigenvalue weighted by atomic mass is 32.1. The predicted molar refractivity (Wildman–Crippen MR) is 63.4 cm³/mol. The minimum Gasteiger partial charge on any atom is -0.360 e. The Morgan fingerprint density at radius 2 is 2.53 bits per heavy atom. The lowest BCUT2D eigenvalue weighted by molar-refractivity contribution is 0.574. The van der Waals surface area contributed by atoms with Gasteiger partial charge in [0.05, 0.1) is 0 Å². The van der Waals surface area contributed by atoms with Crippen molar-refractivity contribution in [2.45, 2.75) is 38.6 Å². The van der Waals surface area contributed by atoms with E-state index >= 15 is 0 Å². The Labute approximate surface area is 94.7 Å². The van der Waals surface area contributed by atoms with E-state index in [1.54, 1.807) is 0 Å². The Morgan fingerprint density at radius 1 is 1.60 bits per heavy atom. The zero-order chi connectivity index (χ0) is 10.5. The SMILES string of the molecule is CCc1nsc(NCCC2CCCN2)n1. The molecule has 2 heterocycles. The van der Waals surface area contributed by atoms with Crippen LogP contribution in [0.1, 0.15) is 32.0 Å². The largest absolute Gasteiger partial charge is 0.360 e. The molecule has 84 valence electrons. The van der Waals surface area contributed by atoms with Crippen LogP contribution in [0, 0.1) is 0 Å². The Hall–Kier alpha value is -0.680. The van der Waals surface area contributed by atoms with E-state index in [-0.39, 0.29) is 0 Å². The number of hydrogen-bond donors (Lipinski definition) is 2. The average Bonchev–Trinajstić information content (AvgIpc) is 2.88. The van der Waals surface area contributed by atoms with E-state index in [1.807, 2.05) is 0 Å². The van der Waals surface area contributed by atoms with E-state index in [9.17, 15) is 0 Å². The molecule has 1 aromatic rings. The van der Waals surface area contributed by atoms with Gasteiger partial charge in [0.2, 0.25) is 5.13 Å². The lowest BCUT2D eigenvalue weighted by atomic mass is 10.2. The third-order valence-electron chi connectivity index (χ3n) is 2.72. The van der Waals surface area contributed by atoms with Crippen molar-refractivity contribution in [2.24, 2.45) is 0 Å². The van der Waals surface area contributed by atoms with Gasteiger partial charge in [-0.2, -0.15) is 4.37 Å². The van der Waals surface area contributed by atoms with Crippen molar-refractivity contribution in [1.29, 1.82) is 0 Å². The summed E-state index contributed by atoms with van der Waals surface area (Å²) >= 11 is 1.46. The number of hydrogen-bond acceptors (Lipinski definition) is 5. The first kappa shape index (κ1) is 10.8. The maximum atomic E-state index is 4.37. The number of anilines is 1. The lowest BCUT2D eigenvalue weighted by Crippen LogP contribution is -2.24. The van der Waals surface area contributed by atoms with Gasteiger partial charge in [0, 0.05) is 30.5 Å². The molecule has 1 aliphatic rings. The van der Waals surface area contributed by atoms with Gasteiger partial charge in [-0.25, -0.2) is 4.98 Å². The monoisotopic (exact) mass is 226 g/mol. The standard InChI is InChI=1S/C10H18N4S/c1-2-9-13-10(15-14-9)12-7-5-8-4-3-6-11-8/h8,11H,2-7H2,1H3,(H,12,13,14). The number of rotatable bonds is 5. The summed E-state index contributed by atoms with van der Waals surface area (Å²) in [5.74, 6) is 0.946. The van der Waals surface area contributed by atoms with Crippen LogP contribution in [-0.2, 0) is 6.42 Å². The van der Waals surface area contributed by atoms with Crippen molar-refractivity contribution in [1.82, 2.24) is 14.7 Å². The van der Waals surface area contributed by atoms with Gasteiger partial charge in [-0.1, -0.05) is 6.92 Å². The normalized spacial score (nSPS) is 20.7. The van der Waals surface area contributed by atoms with Crippen LogP contribution in [-0.4, -0.2) is 28.5 Å². The third kappa shape index (κ3) is 3.14. The average molecular weight is 226 g/mol. The molecule has 0 aliphatic carbocycles. The minimum atomic E-state index is 0.705. The first-order valence-corrected chi connectivity index (χ1v) is 6.45. The maximum absolute atomic E-state index is 4.37. The molecule has 0 radical (unpaired) electrons. The van der Waals surface area contributed by atoms with E-state index in [2.05, 4.69) is 26.9 Å². The van der Waals surface area contributed by atoms with E-state index in [1.165, 1.54) is 37.3 Å². The molecule has 1 saturated heterocycles. The second-order valence-electron chi connectivity index (χ2n) is 3.88. The molecular weight excluding hydrogens is 208 g/mol. The van der Waals surface area contributed by atoms with Crippen molar-refractivity contribution in [3.8, 4) is 0 Å². The van der Waals surface area contributed by atoms with Gasteiger partial charge in [0.15, 0.2) is 0 Å².